The molecule has 6 heteroatoms. The standard InChI is InChI=1S/C17H10BrCl2NOS/c18-14-9-12(10-21-16-4-2-1-3-15(16)20)22-17(14)23-13-7-5-11(19)6-8-13/h1-10H. The molecule has 0 saturated heterocycles. The van der Waals surface area contributed by atoms with E-state index in [0.29, 0.717) is 21.5 Å². The predicted octanol–water partition coefficient (Wildman–Crippen LogP) is 7.25. The number of para-hydroxylation sites is 1. The summed E-state index contributed by atoms with van der Waals surface area (Å²) >= 11 is 17.0. The number of benzene rings is 2. The van der Waals surface area contributed by atoms with Crippen LogP contribution in [0.4, 0.5) is 5.69 Å². The molecule has 0 aliphatic carbocycles. The summed E-state index contributed by atoms with van der Waals surface area (Å²) in [5.41, 5.74) is 0.702. The Morgan fingerprint density at radius 1 is 1.04 bits per heavy atom. The highest BCUT2D eigenvalue weighted by Gasteiger charge is 2.10. The van der Waals surface area contributed by atoms with Gasteiger partial charge in [0, 0.05) is 16.0 Å². The van der Waals surface area contributed by atoms with E-state index in [1.807, 2.05) is 48.5 Å². The first-order valence-corrected chi connectivity index (χ1v) is 9.00. The zero-order chi connectivity index (χ0) is 16.2. The van der Waals surface area contributed by atoms with Crippen molar-refractivity contribution < 1.29 is 4.42 Å². The fourth-order valence-electron chi connectivity index (χ4n) is 1.80. The van der Waals surface area contributed by atoms with Crippen molar-refractivity contribution in [3.8, 4) is 0 Å². The van der Waals surface area contributed by atoms with Crippen LogP contribution in [0.15, 0.2) is 78.5 Å². The lowest BCUT2D eigenvalue weighted by atomic mass is 10.3. The van der Waals surface area contributed by atoms with E-state index in [0.717, 1.165) is 14.5 Å². The third kappa shape index (κ3) is 4.42. The molecule has 3 rings (SSSR count). The Morgan fingerprint density at radius 2 is 1.78 bits per heavy atom. The second-order valence-electron chi connectivity index (χ2n) is 4.55. The third-order valence-electron chi connectivity index (χ3n) is 2.88. The molecule has 1 aromatic heterocycles. The van der Waals surface area contributed by atoms with Crippen LogP contribution in [0.25, 0.3) is 0 Å². The first-order chi connectivity index (χ1) is 11.1. The van der Waals surface area contributed by atoms with Gasteiger partial charge in [-0.25, -0.2) is 0 Å². The molecule has 0 saturated carbocycles. The Kier molecular flexibility index (Phi) is 5.49. The van der Waals surface area contributed by atoms with E-state index in [2.05, 4.69) is 20.9 Å². The van der Waals surface area contributed by atoms with Crippen LogP contribution in [0.2, 0.25) is 10.0 Å². The average Bonchev–Trinajstić information content (AvgIpc) is 2.89. The molecule has 0 spiro atoms. The van der Waals surface area contributed by atoms with E-state index >= 15 is 0 Å². The van der Waals surface area contributed by atoms with Gasteiger partial charge in [0.05, 0.1) is 21.4 Å². The minimum absolute atomic E-state index is 0.602. The molecule has 0 bridgehead atoms. The minimum Gasteiger partial charge on any atom is -0.447 e. The van der Waals surface area contributed by atoms with Crippen LogP contribution in [-0.4, -0.2) is 6.21 Å². The molecule has 0 atom stereocenters. The molecule has 1 heterocycles. The molecule has 0 aliphatic rings. The van der Waals surface area contributed by atoms with Gasteiger partial charge in [0.15, 0.2) is 5.09 Å². The van der Waals surface area contributed by atoms with Gasteiger partial charge >= 0.3 is 0 Å². The van der Waals surface area contributed by atoms with Crippen molar-refractivity contribution in [1.29, 1.82) is 0 Å². The largest absolute Gasteiger partial charge is 0.447 e. The molecule has 2 nitrogen and oxygen atoms in total. The number of halogens is 3. The first kappa shape index (κ1) is 16.7. The highest BCUT2D eigenvalue weighted by Crippen LogP contribution is 2.36. The lowest BCUT2D eigenvalue weighted by Crippen LogP contribution is -1.75. The van der Waals surface area contributed by atoms with Crippen molar-refractivity contribution in [2.24, 2.45) is 4.99 Å². The number of furan rings is 1. The summed E-state index contributed by atoms with van der Waals surface area (Å²) in [5, 5.41) is 2.07. The van der Waals surface area contributed by atoms with Crippen molar-refractivity contribution in [2.75, 3.05) is 0 Å². The van der Waals surface area contributed by atoms with Crippen LogP contribution >= 0.6 is 50.9 Å². The van der Waals surface area contributed by atoms with Crippen molar-refractivity contribution in [3.63, 3.8) is 0 Å². The van der Waals surface area contributed by atoms with Gasteiger partial charge in [0.25, 0.3) is 0 Å². The minimum atomic E-state index is 0.602. The maximum Gasteiger partial charge on any atom is 0.179 e. The fourth-order valence-corrected chi connectivity index (χ4v) is 3.44. The number of hydrogen-bond acceptors (Lipinski definition) is 3. The van der Waals surface area contributed by atoms with Crippen LogP contribution in [0.5, 0.6) is 0 Å². The Bertz CT molecular complexity index is 846. The molecule has 116 valence electrons. The second-order valence-corrected chi connectivity index (χ2v) is 7.29. The van der Waals surface area contributed by atoms with Crippen LogP contribution in [0.3, 0.4) is 0 Å². The summed E-state index contributed by atoms with van der Waals surface area (Å²) in [6, 6.07) is 16.9. The molecule has 0 amide bonds. The zero-order valence-corrected chi connectivity index (χ0v) is 15.6. The maximum atomic E-state index is 6.08. The number of aliphatic imine (C=N–C) groups is 1. The van der Waals surface area contributed by atoms with Gasteiger partial charge in [0.2, 0.25) is 0 Å². The van der Waals surface area contributed by atoms with Gasteiger partial charge in [-0.3, -0.25) is 4.99 Å². The lowest BCUT2D eigenvalue weighted by Gasteiger charge is -1.98. The SMILES string of the molecule is Clc1ccc(Sc2oc(C=Nc3ccccc3Cl)cc2Br)cc1. The summed E-state index contributed by atoms with van der Waals surface area (Å²) < 4.78 is 6.67. The summed E-state index contributed by atoms with van der Waals surface area (Å²) in [5.74, 6) is 0.647. The number of rotatable bonds is 4. The molecule has 0 fully saturated rings. The number of hydrogen-bond donors (Lipinski definition) is 0. The molecule has 0 aliphatic heterocycles. The molecular formula is C17H10BrCl2NOS. The molecule has 23 heavy (non-hydrogen) atoms. The quantitative estimate of drug-likeness (QED) is 0.410. The van der Waals surface area contributed by atoms with Gasteiger partial charge in [0.1, 0.15) is 5.76 Å². The monoisotopic (exact) mass is 425 g/mol. The van der Waals surface area contributed by atoms with E-state index in [4.69, 9.17) is 27.6 Å². The van der Waals surface area contributed by atoms with E-state index in [9.17, 15) is 0 Å². The summed E-state index contributed by atoms with van der Waals surface area (Å²) in [6.07, 6.45) is 1.65. The lowest BCUT2D eigenvalue weighted by molar-refractivity contribution is 0.466. The Morgan fingerprint density at radius 3 is 2.52 bits per heavy atom. The smallest absolute Gasteiger partial charge is 0.179 e. The van der Waals surface area contributed by atoms with Crippen molar-refractivity contribution in [3.05, 3.63) is 74.9 Å². The summed E-state index contributed by atoms with van der Waals surface area (Å²) in [4.78, 5) is 5.39. The normalized spacial score (nSPS) is 11.3. The van der Waals surface area contributed by atoms with Crippen molar-refractivity contribution >= 4 is 62.8 Å². The molecule has 2 aromatic carbocycles. The van der Waals surface area contributed by atoms with Crippen molar-refractivity contribution in [1.82, 2.24) is 0 Å². The summed E-state index contributed by atoms with van der Waals surface area (Å²) in [6.45, 7) is 0. The fraction of sp³-hybridized carbons (Fsp3) is 0. The van der Waals surface area contributed by atoms with E-state index in [1.165, 1.54) is 11.8 Å². The highest BCUT2D eigenvalue weighted by molar-refractivity contribution is 9.10. The molecule has 0 unspecified atom stereocenters. The van der Waals surface area contributed by atoms with E-state index < -0.39 is 0 Å². The van der Waals surface area contributed by atoms with Crippen LogP contribution in [-0.2, 0) is 0 Å². The topological polar surface area (TPSA) is 25.5 Å². The maximum absolute atomic E-state index is 6.08. The predicted molar refractivity (Wildman–Crippen MR) is 101 cm³/mol. The Hall–Kier alpha value is -1.20. The van der Waals surface area contributed by atoms with E-state index in [1.54, 1.807) is 12.3 Å². The highest BCUT2D eigenvalue weighted by atomic mass is 79.9. The van der Waals surface area contributed by atoms with Gasteiger partial charge in [-0.15, -0.1) is 0 Å². The van der Waals surface area contributed by atoms with Gasteiger partial charge in [-0.1, -0.05) is 47.1 Å². The molecule has 3 aromatic rings. The zero-order valence-electron chi connectivity index (χ0n) is 11.7. The molecule has 0 N–H and O–H groups in total. The van der Waals surface area contributed by atoms with Gasteiger partial charge < -0.3 is 4.42 Å². The van der Waals surface area contributed by atoms with Gasteiger partial charge in [-0.2, -0.15) is 0 Å². The second kappa shape index (κ2) is 7.58. The van der Waals surface area contributed by atoms with Crippen molar-refractivity contribution in [2.45, 2.75) is 9.99 Å². The Labute approximate surface area is 156 Å². The first-order valence-electron chi connectivity index (χ1n) is 6.63. The van der Waals surface area contributed by atoms with Crippen LogP contribution in [0, 0.1) is 0 Å². The molecular weight excluding hydrogens is 417 g/mol. The van der Waals surface area contributed by atoms with Gasteiger partial charge in [-0.05, 0) is 52.3 Å². The number of nitrogens with zero attached hydrogens (tertiary/aromatic N) is 1. The summed E-state index contributed by atoms with van der Waals surface area (Å²) in [7, 11) is 0. The van der Waals surface area contributed by atoms with Crippen LogP contribution < -0.4 is 0 Å². The third-order valence-corrected chi connectivity index (χ3v) is 5.30. The van der Waals surface area contributed by atoms with Crippen LogP contribution in [0.1, 0.15) is 5.76 Å². The van der Waals surface area contributed by atoms with E-state index in [-0.39, 0.29) is 0 Å². The molecule has 0 radical (unpaired) electrons. The Balaban J connectivity index is 1.78. The average molecular weight is 427 g/mol.